The van der Waals surface area contributed by atoms with Gasteiger partial charge in [0, 0.05) is 6.54 Å². The van der Waals surface area contributed by atoms with Crippen molar-refractivity contribution >= 4 is 0 Å². The fourth-order valence-electron chi connectivity index (χ4n) is 2.33. The van der Waals surface area contributed by atoms with E-state index in [4.69, 9.17) is 0 Å². The normalized spacial score (nSPS) is 12.6. The number of rotatable bonds is 6. The number of aryl methyl sites for hydroxylation is 2. The molecule has 0 radical (unpaired) electrons. The van der Waals surface area contributed by atoms with E-state index in [0.29, 0.717) is 0 Å². The van der Waals surface area contributed by atoms with E-state index in [9.17, 15) is 0 Å². The molecule has 0 aliphatic rings. The molecule has 1 atom stereocenters. The Hall–Kier alpha value is -1.68. The van der Waals surface area contributed by atoms with E-state index in [0.717, 1.165) is 25.1 Å². The highest BCUT2D eigenvalue weighted by Crippen LogP contribution is 2.19. The van der Waals surface area contributed by atoms with Crippen LogP contribution in [0.1, 0.15) is 36.2 Å². The minimum absolute atomic E-state index is 0.252. The van der Waals surface area contributed by atoms with Crippen molar-refractivity contribution in [3.8, 4) is 0 Å². The van der Waals surface area contributed by atoms with Crippen LogP contribution in [0.25, 0.3) is 0 Å². The second-order valence-electron chi connectivity index (χ2n) is 4.85. The maximum atomic E-state index is 4.17. The van der Waals surface area contributed by atoms with E-state index in [1.807, 2.05) is 17.9 Å². The molecule has 0 saturated carbocycles. The summed E-state index contributed by atoms with van der Waals surface area (Å²) in [6.45, 7) is 5.23. The van der Waals surface area contributed by atoms with Crippen LogP contribution in [-0.4, -0.2) is 22.0 Å². The first-order valence-electron chi connectivity index (χ1n) is 6.86. The fraction of sp³-hybridized carbons (Fsp3) is 0.467. The van der Waals surface area contributed by atoms with Crippen molar-refractivity contribution in [2.24, 2.45) is 0 Å². The molecule has 0 amide bonds. The first-order chi connectivity index (χ1) is 9.26. The number of nitrogens with zero attached hydrogens (tertiary/aromatic N) is 3. The summed E-state index contributed by atoms with van der Waals surface area (Å²) in [7, 11) is 1.99. The van der Waals surface area contributed by atoms with E-state index < -0.39 is 0 Å². The Morgan fingerprint density at radius 1 is 1.32 bits per heavy atom. The molecule has 4 heteroatoms. The first-order valence-corrected chi connectivity index (χ1v) is 6.86. The Kier molecular flexibility index (Phi) is 4.68. The lowest BCUT2D eigenvalue weighted by atomic mass is 9.99. The number of benzene rings is 1. The van der Waals surface area contributed by atoms with Crippen LogP contribution in [0.2, 0.25) is 0 Å². The first kappa shape index (κ1) is 13.7. The predicted octanol–water partition coefficient (Wildman–Crippen LogP) is 2.50. The van der Waals surface area contributed by atoms with Crippen LogP contribution >= 0.6 is 0 Å². The van der Waals surface area contributed by atoms with E-state index in [2.05, 4.69) is 53.7 Å². The van der Waals surface area contributed by atoms with Gasteiger partial charge in [0.1, 0.15) is 0 Å². The van der Waals surface area contributed by atoms with Crippen LogP contribution in [-0.2, 0) is 13.0 Å². The van der Waals surface area contributed by atoms with E-state index in [1.54, 1.807) is 0 Å². The molecule has 1 N–H and O–H groups in total. The summed E-state index contributed by atoms with van der Waals surface area (Å²) in [4.78, 5) is 0. The molecule has 0 aliphatic heterocycles. The van der Waals surface area contributed by atoms with Crippen LogP contribution in [0.15, 0.2) is 30.5 Å². The van der Waals surface area contributed by atoms with Crippen molar-refractivity contribution in [2.75, 3.05) is 7.05 Å². The Labute approximate surface area is 114 Å². The maximum Gasteiger partial charge on any atom is 0.0759 e. The summed E-state index contributed by atoms with van der Waals surface area (Å²) in [5, 5.41) is 11.6. The SMILES string of the molecule is CCCn1nncc1C(Cc1ccccc1C)NC. The highest BCUT2D eigenvalue weighted by Gasteiger charge is 2.16. The van der Waals surface area contributed by atoms with Crippen molar-refractivity contribution in [3.05, 3.63) is 47.3 Å². The zero-order valence-electron chi connectivity index (χ0n) is 11.9. The maximum absolute atomic E-state index is 4.17. The van der Waals surface area contributed by atoms with Gasteiger partial charge in [-0.3, -0.25) is 0 Å². The lowest BCUT2D eigenvalue weighted by molar-refractivity contribution is 0.490. The molecule has 0 saturated heterocycles. The lowest BCUT2D eigenvalue weighted by Crippen LogP contribution is -2.23. The number of hydrogen-bond donors (Lipinski definition) is 1. The third-order valence-electron chi connectivity index (χ3n) is 3.47. The smallest absolute Gasteiger partial charge is 0.0759 e. The van der Waals surface area contributed by atoms with Crippen molar-refractivity contribution in [1.29, 1.82) is 0 Å². The summed E-state index contributed by atoms with van der Waals surface area (Å²) in [5.41, 5.74) is 3.86. The summed E-state index contributed by atoms with van der Waals surface area (Å²) in [6.07, 6.45) is 3.90. The predicted molar refractivity (Wildman–Crippen MR) is 77.0 cm³/mol. The Morgan fingerprint density at radius 2 is 2.11 bits per heavy atom. The third kappa shape index (κ3) is 3.20. The highest BCUT2D eigenvalue weighted by atomic mass is 15.4. The minimum Gasteiger partial charge on any atom is -0.311 e. The molecule has 4 nitrogen and oxygen atoms in total. The Bertz CT molecular complexity index is 518. The molecule has 1 heterocycles. The van der Waals surface area contributed by atoms with Gasteiger partial charge in [0.25, 0.3) is 0 Å². The van der Waals surface area contributed by atoms with Gasteiger partial charge < -0.3 is 5.32 Å². The monoisotopic (exact) mass is 258 g/mol. The highest BCUT2D eigenvalue weighted by molar-refractivity contribution is 5.27. The van der Waals surface area contributed by atoms with Gasteiger partial charge >= 0.3 is 0 Å². The average Bonchev–Trinajstić information content (AvgIpc) is 2.86. The van der Waals surface area contributed by atoms with Gasteiger partial charge in [0.05, 0.1) is 17.9 Å². The van der Waals surface area contributed by atoms with Crippen LogP contribution in [0.5, 0.6) is 0 Å². The second-order valence-corrected chi connectivity index (χ2v) is 4.85. The van der Waals surface area contributed by atoms with Crippen LogP contribution in [0.4, 0.5) is 0 Å². The molecular formula is C15H22N4. The molecule has 1 aromatic heterocycles. The van der Waals surface area contributed by atoms with Gasteiger partial charge in [-0.05, 0) is 37.9 Å². The van der Waals surface area contributed by atoms with Gasteiger partial charge in [-0.1, -0.05) is 36.4 Å². The van der Waals surface area contributed by atoms with Gasteiger partial charge in [-0.2, -0.15) is 0 Å². The number of likely N-dealkylation sites (N-methyl/N-ethyl adjacent to an activating group) is 1. The summed E-state index contributed by atoms with van der Waals surface area (Å²) in [6, 6.07) is 8.77. The Morgan fingerprint density at radius 3 is 2.79 bits per heavy atom. The molecule has 0 bridgehead atoms. The second kappa shape index (κ2) is 6.48. The quantitative estimate of drug-likeness (QED) is 0.865. The molecule has 102 valence electrons. The molecule has 1 unspecified atom stereocenters. The zero-order chi connectivity index (χ0) is 13.7. The van der Waals surface area contributed by atoms with E-state index in [-0.39, 0.29) is 6.04 Å². The van der Waals surface area contributed by atoms with Gasteiger partial charge in [0.15, 0.2) is 0 Å². The average molecular weight is 258 g/mol. The largest absolute Gasteiger partial charge is 0.311 e. The standard InChI is InChI=1S/C15H22N4/c1-4-9-19-15(11-17-18-19)14(16-3)10-13-8-6-5-7-12(13)2/h5-8,11,14,16H,4,9-10H2,1-3H3. The molecule has 0 aliphatic carbocycles. The molecule has 19 heavy (non-hydrogen) atoms. The number of aromatic nitrogens is 3. The summed E-state index contributed by atoms with van der Waals surface area (Å²) >= 11 is 0. The fourth-order valence-corrected chi connectivity index (χ4v) is 2.33. The summed E-state index contributed by atoms with van der Waals surface area (Å²) in [5.74, 6) is 0. The van der Waals surface area contributed by atoms with Crippen LogP contribution in [0.3, 0.4) is 0 Å². The van der Waals surface area contributed by atoms with Crippen LogP contribution < -0.4 is 5.32 Å². The summed E-state index contributed by atoms with van der Waals surface area (Å²) < 4.78 is 2.00. The van der Waals surface area contributed by atoms with Crippen molar-refractivity contribution in [1.82, 2.24) is 20.3 Å². The minimum atomic E-state index is 0.252. The van der Waals surface area contributed by atoms with Crippen LogP contribution in [0, 0.1) is 6.92 Å². The van der Waals surface area contributed by atoms with Crippen molar-refractivity contribution in [2.45, 2.75) is 39.3 Å². The molecule has 2 rings (SSSR count). The molecule has 0 fully saturated rings. The van der Waals surface area contributed by atoms with E-state index in [1.165, 1.54) is 11.1 Å². The molecular weight excluding hydrogens is 236 g/mol. The van der Waals surface area contributed by atoms with Crippen molar-refractivity contribution in [3.63, 3.8) is 0 Å². The van der Waals surface area contributed by atoms with Crippen molar-refractivity contribution < 1.29 is 0 Å². The van der Waals surface area contributed by atoms with Gasteiger partial charge in [-0.15, -0.1) is 5.10 Å². The van der Waals surface area contributed by atoms with Gasteiger partial charge in [-0.25, -0.2) is 4.68 Å². The van der Waals surface area contributed by atoms with E-state index >= 15 is 0 Å². The molecule has 0 spiro atoms. The third-order valence-corrected chi connectivity index (χ3v) is 3.47. The lowest BCUT2D eigenvalue weighted by Gasteiger charge is -2.18. The Balaban J connectivity index is 2.20. The number of nitrogens with one attached hydrogen (secondary N) is 1. The molecule has 1 aromatic carbocycles. The topological polar surface area (TPSA) is 42.7 Å². The number of hydrogen-bond acceptors (Lipinski definition) is 3. The molecule has 2 aromatic rings. The van der Waals surface area contributed by atoms with Gasteiger partial charge in [0.2, 0.25) is 0 Å². The zero-order valence-corrected chi connectivity index (χ0v) is 11.9.